The van der Waals surface area contributed by atoms with Gasteiger partial charge in [-0.1, -0.05) is 35.5 Å². The van der Waals surface area contributed by atoms with E-state index in [0.717, 1.165) is 5.56 Å². The van der Waals surface area contributed by atoms with Crippen molar-refractivity contribution in [3.05, 3.63) is 52.7 Å². The van der Waals surface area contributed by atoms with E-state index < -0.39 is 0 Å². The zero-order valence-electron chi connectivity index (χ0n) is 11.3. The lowest BCUT2D eigenvalue weighted by Crippen LogP contribution is -2.15. The second-order valence-corrected chi connectivity index (χ2v) is 5.61. The highest BCUT2D eigenvalue weighted by atomic mass is 35.5. The minimum Gasteiger partial charge on any atom is -0.324 e. The zero-order valence-corrected chi connectivity index (χ0v) is 12.8. The molecule has 0 unspecified atom stereocenters. The number of rotatable bonds is 4. The van der Waals surface area contributed by atoms with Gasteiger partial charge in [-0.25, -0.2) is 4.98 Å². The van der Waals surface area contributed by atoms with Crippen LogP contribution in [0.5, 0.6) is 0 Å². The van der Waals surface area contributed by atoms with Crippen LogP contribution in [0.25, 0.3) is 0 Å². The Hall–Kier alpha value is -2.03. The molecule has 1 heterocycles. The van der Waals surface area contributed by atoms with Gasteiger partial charge in [-0.3, -0.25) is 4.79 Å². The van der Waals surface area contributed by atoms with Crippen molar-refractivity contribution in [2.75, 3.05) is 11.1 Å². The van der Waals surface area contributed by atoms with Gasteiger partial charge in [-0.15, -0.1) is 0 Å². The zero-order chi connectivity index (χ0) is 15.2. The Kier molecular flexibility index (Phi) is 5.20. The average molecular weight is 318 g/mol. The molecule has 21 heavy (non-hydrogen) atoms. The minimum absolute atomic E-state index is 0.163. The predicted molar refractivity (Wildman–Crippen MR) is 84.5 cm³/mol. The lowest BCUT2D eigenvalue weighted by Gasteiger charge is -2.10. The van der Waals surface area contributed by atoms with Crippen LogP contribution in [-0.2, 0) is 4.79 Å². The molecule has 1 amide bonds. The molecule has 0 radical (unpaired) electrons. The number of halogens is 1. The molecule has 0 aliphatic rings. The van der Waals surface area contributed by atoms with Gasteiger partial charge in [0.05, 0.1) is 22.0 Å². The number of nitrogens with zero attached hydrogens (tertiary/aromatic N) is 2. The molecule has 6 heteroatoms. The van der Waals surface area contributed by atoms with Gasteiger partial charge in [-0.05, 0) is 30.7 Å². The number of nitriles is 1. The van der Waals surface area contributed by atoms with E-state index in [1.54, 1.807) is 24.4 Å². The van der Waals surface area contributed by atoms with Gasteiger partial charge in [0.2, 0.25) is 5.91 Å². The molecular formula is C15H12ClN3OS. The van der Waals surface area contributed by atoms with Crippen LogP contribution in [0.3, 0.4) is 0 Å². The third kappa shape index (κ3) is 3.97. The number of thioether (sulfide) groups is 1. The second kappa shape index (κ2) is 7.11. The van der Waals surface area contributed by atoms with E-state index in [1.807, 2.05) is 19.1 Å². The Morgan fingerprint density at radius 1 is 1.43 bits per heavy atom. The highest BCUT2D eigenvalue weighted by Crippen LogP contribution is 2.26. The molecule has 0 atom stereocenters. The van der Waals surface area contributed by atoms with E-state index in [2.05, 4.69) is 16.4 Å². The number of carbonyl (C=O) groups excluding carboxylic acids is 1. The Balaban J connectivity index is 2.02. The van der Waals surface area contributed by atoms with E-state index in [9.17, 15) is 4.79 Å². The topological polar surface area (TPSA) is 65.8 Å². The van der Waals surface area contributed by atoms with Gasteiger partial charge in [0.15, 0.2) is 0 Å². The van der Waals surface area contributed by atoms with Crippen LogP contribution in [0, 0.1) is 18.3 Å². The Morgan fingerprint density at radius 2 is 2.24 bits per heavy atom. The number of hydrogen-bond acceptors (Lipinski definition) is 4. The summed E-state index contributed by atoms with van der Waals surface area (Å²) in [6.45, 7) is 1.88. The number of hydrogen-bond donors (Lipinski definition) is 1. The number of anilines is 1. The molecule has 0 aliphatic heterocycles. The van der Waals surface area contributed by atoms with Crippen molar-refractivity contribution in [2.45, 2.75) is 11.9 Å². The SMILES string of the molecule is Cc1cccc(Cl)c1NC(=O)CSc1ncccc1C#N. The van der Waals surface area contributed by atoms with E-state index in [1.165, 1.54) is 11.8 Å². The normalized spacial score (nSPS) is 9.95. The molecule has 4 nitrogen and oxygen atoms in total. The minimum atomic E-state index is -0.189. The van der Waals surface area contributed by atoms with E-state index >= 15 is 0 Å². The number of pyridine rings is 1. The number of nitrogens with one attached hydrogen (secondary N) is 1. The first-order chi connectivity index (χ1) is 10.1. The predicted octanol–water partition coefficient (Wildman–Crippen LogP) is 3.65. The van der Waals surface area contributed by atoms with Crippen LogP contribution in [0.15, 0.2) is 41.6 Å². The first kappa shape index (κ1) is 15.4. The van der Waals surface area contributed by atoms with Crippen molar-refractivity contribution < 1.29 is 4.79 Å². The maximum Gasteiger partial charge on any atom is 0.234 e. The highest BCUT2D eigenvalue weighted by Gasteiger charge is 2.10. The lowest BCUT2D eigenvalue weighted by atomic mass is 10.2. The second-order valence-electron chi connectivity index (χ2n) is 4.24. The van der Waals surface area contributed by atoms with Crippen LogP contribution in [0.4, 0.5) is 5.69 Å². The van der Waals surface area contributed by atoms with Crippen LogP contribution < -0.4 is 5.32 Å². The van der Waals surface area contributed by atoms with E-state index in [-0.39, 0.29) is 11.7 Å². The first-order valence-corrected chi connectivity index (χ1v) is 7.51. The number of aryl methyl sites for hydroxylation is 1. The van der Waals surface area contributed by atoms with Crippen molar-refractivity contribution in [1.29, 1.82) is 5.26 Å². The maximum atomic E-state index is 12.0. The standard InChI is InChI=1S/C15H12ClN3OS/c1-10-4-2-6-12(16)14(10)19-13(20)9-21-15-11(8-17)5-3-7-18-15/h2-7H,9H2,1H3,(H,19,20). The number of carbonyl (C=O) groups is 1. The molecule has 1 N–H and O–H groups in total. The van der Waals surface area contributed by atoms with Gasteiger partial charge >= 0.3 is 0 Å². The molecule has 0 bridgehead atoms. The molecule has 1 aromatic carbocycles. The van der Waals surface area contributed by atoms with Gasteiger partial charge in [0, 0.05) is 6.20 Å². The molecule has 0 spiro atoms. The smallest absolute Gasteiger partial charge is 0.234 e. The number of amides is 1. The first-order valence-electron chi connectivity index (χ1n) is 6.14. The molecule has 0 saturated carbocycles. The Bertz CT molecular complexity index is 692. The molecule has 2 rings (SSSR count). The third-order valence-electron chi connectivity index (χ3n) is 2.72. The molecular weight excluding hydrogens is 306 g/mol. The molecule has 2 aromatic rings. The summed E-state index contributed by atoms with van der Waals surface area (Å²) in [5.41, 5.74) is 1.98. The summed E-state index contributed by atoms with van der Waals surface area (Å²) >= 11 is 7.28. The van der Waals surface area contributed by atoms with E-state index in [0.29, 0.717) is 21.3 Å². The molecule has 106 valence electrons. The summed E-state index contributed by atoms with van der Waals surface area (Å²) in [4.78, 5) is 16.1. The van der Waals surface area contributed by atoms with Crippen LogP contribution >= 0.6 is 23.4 Å². The van der Waals surface area contributed by atoms with Gasteiger partial charge < -0.3 is 5.32 Å². The van der Waals surface area contributed by atoms with Crippen LogP contribution in [0.2, 0.25) is 5.02 Å². The summed E-state index contributed by atoms with van der Waals surface area (Å²) in [6, 6.07) is 10.8. The average Bonchev–Trinajstić information content (AvgIpc) is 2.49. The highest BCUT2D eigenvalue weighted by molar-refractivity contribution is 8.00. The monoisotopic (exact) mass is 317 g/mol. The quantitative estimate of drug-likeness (QED) is 0.874. The van der Waals surface area contributed by atoms with Crippen LogP contribution in [0.1, 0.15) is 11.1 Å². The fourth-order valence-electron chi connectivity index (χ4n) is 1.69. The lowest BCUT2D eigenvalue weighted by molar-refractivity contribution is -0.113. The number of benzene rings is 1. The van der Waals surface area contributed by atoms with E-state index in [4.69, 9.17) is 16.9 Å². The number of para-hydroxylation sites is 1. The molecule has 1 aromatic heterocycles. The third-order valence-corrected chi connectivity index (χ3v) is 4.04. The van der Waals surface area contributed by atoms with Crippen molar-refractivity contribution >= 4 is 35.0 Å². The molecule has 0 fully saturated rings. The van der Waals surface area contributed by atoms with Crippen molar-refractivity contribution in [2.24, 2.45) is 0 Å². The van der Waals surface area contributed by atoms with Crippen molar-refractivity contribution in [1.82, 2.24) is 4.98 Å². The van der Waals surface area contributed by atoms with Gasteiger partial charge in [0.1, 0.15) is 11.1 Å². The Morgan fingerprint density at radius 3 is 2.95 bits per heavy atom. The largest absolute Gasteiger partial charge is 0.324 e. The summed E-state index contributed by atoms with van der Waals surface area (Å²) in [7, 11) is 0. The van der Waals surface area contributed by atoms with Gasteiger partial charge in [0.25, 0.3) is 0 Å². The van der Waals surface area contributed by atoms with Crippen molar-refractivity contribution in [3.8, 4) is 6.07 Å². The fraction of sp³-hybridized carbons (Fsp3) is 0.133. The fourth-order valence-corrected chi connectivity index (χ4v) is 2.70. The van der Waals surface area contributed by atoms with Crippen molar-refractivity contribution in [3.63, 3.8) is 0 Å². The Labute approximate surface area is 132 Å². The summed E-state index contributed by atoms with van der Waals surface area (Å²) in [5, 5.41) is 12.8. The summed E-state index contributed by atoms with van der Waals surface area (Å²) < 4.78 is 0. The van der Waals surface area contributed by atoms with Crippen LogP contribution in [-0.4, -0.2) is 16.6 Å². The molecule has 0 saturated heterocycles. The maximum absolute atomic E-state index is 12.0. The summed E-state index contributed by atoms with van der Waals surface area (Å²) in [5.74, 6) is -0.0261. The number of aromatic nitrogens is 1. The summed E-state index contributed by atoms with van der Waals surface area (Å²) in [6.07, 6.45) is 1.60. The molecule has 0 aliphatic carbocycles. The van der Waals surface area contributed by atoms with Gasteiger partial charge in [-0.2, -0.15) is 5.26 Å².